The zero-order valence-electron chi connectivity index (χ0n) is 10.6. The molecule has 0 aliphatic rings. The fourth-order valence-electron chi connectivity index (χ4n) is 1.64. The number of nitrogens with two attached hydrogens (primary N) is 1. The largest absolute Gasteiger partial charge is 0.396 e. The lowest BCUT2D eigenvalue weighted by atomic mass is 10.0. The van der Waals surface area contributed by atoms with Crippen molar-refractivity contribution < 1.29 is 5.11 Å². The van der Waals surface area contributed by atoms with Crippen LogP contribution in [0.4, 0.5) is 11.6 Å². The summed E-state index contributed by atoms with van der Waals surface area (Å²) in [4.78, 5) is 8.29. The minimum absolute atomic E-state index is 0.133. The molecule has 6 heteroatoms. The number of nitrogens with one attached hydrogen (secondary N) is 2. The monoisotopic (exact) mass is 239 g/mol. The summed E-state index contributed by atoms with van der Waals surface area (Å²) in [6.07, 6.45) is 2.88. The van der Waals surface area contributed by atoms with E-state index in [1.54, 1.807) is 0 Å². The molecule has 0 aliphatic carbocycles. The van der Waals surface area contributed by atoms with Crippen LogP contribution in [0.3, 0.4) is 0 Å². The molecule has 0 aliphatic heterocycles. The minimum atomic E-state index is -0.223. The van der Waals surface area contributed by atoms with Crippen LogP contribution in [0.2, 0.25) is 0 Å². The van der Waals surface area contributed by atoms with Crippen LogP contribution in [0.1, 0.15) is 32.8 Å². The third kappa shape index (κ3) is 3.54. The third-order valence-corrected chi connectivity index (χ3v) is 2.63. The van der Waals surface area contributed by atoms with Crippen LogP contribution in [0, 0.1) is 0 Å². The second-order valence-corrected chi connectivity index (χ2v) is 4.53. The summed E-state index contributed by atoms with van der Waals surface area (Å²) in [5.41, 5.74) is 3.29. The Kier molecular flexibility index (Phi) is 4.65. The number of hydrogen-bond donors (Lipinski definition) is 4. The number of anilines is 2. The van der Waals surface area contributed by atoms with Crippen LogP contribution in [0.25, 0.3) is 0 Å². The zero-order chi connectivity index (χ0) is 12.9. The first-order chi connectivity index (χ1) is 8.04. The van der Waals surface area contributed by atoms with Gasteiger partial charge in [0.1, 0.15) is 18.0 Å². The van der Waals surface area contributed by atoms with Gasteiger partial charge in [-0.2, -0.15) is 0 Å². The number of rotatable bonds is 6. The summed E-state index contributed by atoms with van der Waals surface area (Å²) < 4.78 is 0. The molecule has 96 valence electrons. The van der Waals surface area contributed by atoms with Crippen molar-refractivity contribution in [3.63, 3.8) is 0 Å². The molecule has 0 saturated carbocycles. The van der Waals surface area contributed by atoms with Gasteiger partial charge in [0, 0.05) is 17.7 Å². The van der Waals surface area contributed by atoms with Gasteiger partial charge in [0.05, 0.1) is 0 Å². The molecule has 1 heterocycles. The second kappa shape index (κ2) is 5.79. The number of nitrogen functional groups attached to an aromatic ring is 1. The first kappa shape index (κ1) is 13.7. The van der Waals surface area contributed by atoms with Gasteiger partial charge in [-0.1, -0.05) is 6.92 Å². The van der Waals surface area contributed by atoms with Gasteiger partial charge in [0.2, 0.25) is 0 Å². The molecule has 0 atom stereocenters. The van der Waals surface area contributed by atoms with Gasteiger partial charge < -0.3 is 15.8 Å². The number of aliphatic hydroxyl groups is 1. The number of nitrogens with zero attached hydrogens (tertiary/aromatic N) is 2. The molecular formula is C11H21N5O. The fraction of sp³-hybridized carbons (Fsp3) is 0.636. The Labute approximate surface area is 102 Å². The zero-order valence-corrected chi connectivity index (χ0v) is 10.6. The van der Waals surface area contributed by atoms with Crippen molar-refractivity contribution in [2.75, 3.05) is 17.3 Å². The summed E-state index contributed by atoms with van der Waals surface area (Å²) in [7, 11) is 0. The maximum atomic E-state index is 9.00. The Balaban J connectivity index is 2.98. The van der Waals surface area contributed by atoms with E-state index in [2.05, 4.69) is 20.7 Å². The van der Waals surface area contributed by atoms with Gasteiger partial charge in [0.25, 0.3) is 0 Å². The van der Waals surface area contributed by atoms with Crippen LogP contribution >= 0.6 is 0 Å². The predicted molar refractivity (Wildman–Crippen MR) is 68.6 cm³/mol. The smallest absolute Gasteiger partial charge is 0.148 e. The maximum absolute atomic E-state index is 9.00. The van der Waals surface area contributed by atoms with E-state index in [1.165, 1.54) is 6.33 Å². The quantitative estimate of drug-likeness (QED) is 0.435. The normalized spacial score (nSPS) is 11.4. The third-order valence-electron chi connectivity index (χ3n) is 2.63. The highest BCUT2D eigenvalue weighted by Gasteiger charge is 2.19. The fourth-order valence-corrected chi connectivity index (χ4v) is 1.64. The van der Waals surface area contributed by atoms with Crippen LogP contribution < -0.4 is 16.6 Å². The predicted octanol–water partition coefficient (Wildman–Crippen LogP) is 0.897. The molecule has 17 heavy (non-hydrogen) atoms. The number of hydrazine groups is 1. The van der Waals surface area contributed by atoms with Crippen LogP contribution in [-0.4, -0.2) is 27.2 Å². The number of aliphatic hydroxyl groups excluding tert-OH is 1. The molecule has 0 bridgehead atoms. The SMILES string of the molecule is CCc1c(NN)ncnc1NC(C)(C)CCO. The van der Waals surface area contributed by atoms with E-state index in [0.29, 0.717) is 12.2 Å². The summed E-state index contributed by atoms with van der Waals surface area (Å²) in [5, 5.41) is 12.3. The standard InChI is InChI=1S/C11H21N5O/c1-4-8-9(13-7-14-10(8)16-12)15-11(2,3)5-6-17/h7,17H,4-6,12H2,1-3H3,(H2,13,14,15,16). The molecule has 0 unspecified atom stereocenters. The second-order valence-electron chi connectivity index (χ2n) is 4.53. The van der Waals surface area contributed by atoms with Gasteiger partial charge in [-0.3, -0.25) is 0 Å². The van der Waals surface area contributed by atoms with Crippen molar-refractivity contribution in [3.8, 4) is 0 Å². The van der Waals surface area contributed by atoms with Gasteiger partial charge in [-0.05, 0) is 26.7 Å². The average Bonchev–Trinajstić information content (AvgIpc) is 2.27. The Morgan fingerprint density at radius 3 is 2.53 bits per heavy atom. The molecular weight excluding hydrogens is 218 g/mol. The van der Waals surface area contributed by atoms with Crippen molar-refractivity contribution in [1.82, 2.24) is 9.97 Å². The number of hydrogen-bond acceptors (Lipinski definition) is 6. The molecule has 1 aromatic rings. The van der Waals surface area contributed by atoms with E-state index < -0.39 is 0 Å². The molecule has 1 aromatic heterocycles. The molecule has 0 radical (unpaired) electrons. The lowest BCUT2D eigenvalue weighted by Gasteiger charge is -2.27. The van der Waals surface area contributed by atoms with E-state index in [-0.39, 0.29) is 12.1 Å². The average molecular weight is 239 g/mol. The van der Waals surface area contributed by atoms with E-state index >= 15 is 0 Å². The van der Waals surface area contributed by atoms with E-state index in [9.17, 15) is 0 Å². The van der Waals surface area contributed by atoms with Crippen molar-refractivity contribution in [2.45, 2.75) is 39.2 Å². The van der Waals surface area contributed by atoms with Gasteiger partial charge in [-0.15, -0.1) is 0 Å². The van der Waals surface area contributed by atoms with Crippen molar-refractivity contribution in [3.05, 3.63) is 11.9 Å². The minimum Gasteiger partial charge on any atom is -0.396 e. The highest BCUT2D eigenvalue weighted by atomic mass is 16.3. The van der Waals surface area contributed by atoms with Crippen LogP contribution in [0.15, 0.2) is 6.33 Å². The lowest BCUT2D eigenvalue weighted by molar-refractivity contribution is 0.260. The van der Waals surface area contributed by atoms with Crippen LogP contribution in [-0.2, 0) is 6.42 Å². The molecule has 5 N–H and O–H groups in total. The van der Waals surface area contributed by atoms with E-state index in [4.69, 9.17) is 10.9 Å². The summed E-state index contributed by atoms with van der Waals surface area (Å²) in [5.74, 6) is 6.80. The molecule has 0 amide bonds. The lowest BCUT2D eigenvalue weighted by Crippen LogP contribution is -2.33. The topological polar surface area (TPSA) is 96.1 Å². The summed E-state index contributed by atoms with van der Waals surface area (Å²) in [6.45, 7) is 6.18. The molecule has 0 saturated heterocycles. The Bertz CT molecular complexity index is 367. The maximum Gasteiger partial charge on any atom is 0.148 e. The Morgan fingerprint density at radius 1 is 1.35 bits per heavy atom. The molecule has 0 aromatic carbocycles. The van der Waals surface area contributed by atoms with E-state index in [0.717, 1.165) is 17.8 Å². The first-order valence-corrected chi connectivity index (χ1v) is 5.73. The Morgan fingerprint density at radius 2 is 2.00 bits per heavy atom. The van der Waals surface area contributed by atoms with Crippen molar-refractivity contribution >= 4 is 11.6 Å². The Hall–Kier alpha value is -1.40. The highest BCUT2D eigenvalue weighted by Crippen LogP contribution is 2.23. The van der Waals surface area contributed by atoms with E-state index in [1.807, 2.05) is 20.8 Å². The first-order valence-electron chi connectivity index (χ1n) is 5.73. The molecule has 1 rings (SSSR count). The van der Waals surface area contributed by atoms with Crippen LogP contribution in [0.5, 0.6) is 0 Å². The van der Waals surface area contributed by atoms with Crippen molar-refractivity contribution in [2.24, 2.45) is 5.84 Å². The van der Waals surface area contributed by atoms with Gasteiger partial charge >= 0.3 is 0 Å². The highest BCUT2D eigenvalue weighted by molar-refractivity contribution is 5.57. The van der Waals surface area contributed by atoms with Crippen molar-refractivity contribution in [1.29, 1.82) is 0 Å². The van der Waals surface area contributed by atoms with Gasteiger partial charge in [0.15, 0.2) is 0 Å². The van der Waals surface area contributed by atoms with Gasteiger partial charge in [-0.25, -0.2) is 15.8 Å². The molecule has 6 nitrogen and oxygen atoms in total. The molecule has 0 fully saturated rings. The number of aromatic nitrogens is 2. The molecule has 0 spiro atoms. The summed E-state index contributed by atoms with van der Waals surface area (Å²) >= 11 is 0. The summed E-state index contributed by atoms with van der Waals surface area (Å²) in [6, 6.07) is 0.